The molecule has 18 nitrogen and oxygen atoms in total. The lowest BCUT2D eigenvalue weighted by Gasteiger charge is -2.16. The van der Waals surface area contributed by atoms with Crippen molar-refractivity contribution in [3.05, 3.63) is 309 Å². The van der Waals surface area contributed by atoms with Crippen LogP contribution in [0, 0.1) is 0 Å². The number of ether oxygens (including phenoxy) is 6. The maximum absolute atomic E-state index is 11.9. The van der Waals surface area contributed by atoms with Crippen LogP contribution in [0.4, 0.5) is 0 Å². The number of hydrogen-bond acceptors (Lipinski definition) is 18. The van der Waals surface area contributed by atoms with Crippen LogP contribution in [0.2, 0.25) is 0 Å². The first-order chi connectivity index (χ1) is 52.5. The van der Waals surface area contributed by atoms with Gasteiger partial charge in [-0.15, -0.1) is 0 Å². The fraction of sp³-hybridized carbons (Fsp3) is 0.133. The zero-order valence-electron chi connectivity index (χ0n) is 61.4. The van der Waals surface area contributed by atoms with Crippen LogP contribution in [0.1, 0.15) is 207 Å². The first-order valence-electron chi connectivity index (χ1n) is 35.4. The fourth-order valence-electron chi connectivity index (χ4n) is 11.8. The molecule has 108 heavy (non-hydrogen) atoms. The second-order valence-corrected chi connectivity index (χ2v) is 22.0. The summed E-state index contributed by atoms with van der Waals surface area (Å²) in [5, 5.41) is 11.1. The van der Waals surface area contributed by atoms with Crippen molar-refractivity contribution in [3.63, 3.8) is 0 Å². The minimum atomic E-state index is -0.571. The third-order valence-corrected chi connectivity index (χ3v) is 16.3. The standard InChI is InChI=1S/2C16H8O3.C14H8O3.2C12H6O3.C8H4O3.6C2H6/c17-15-12-7-3-6-11-10-5-2-1-4-9(10)8-13(14(11)12)16(18)19-15;17-15-13-7-11-5-9-3-1-2-4-10(9)6-12(11)8-14(13)16(18)19-15;15-13-11-7-6-10(8-12(11)14(16)17-13)9-4-2-1-3-5-9;13-11-8-5-1-3-7-4-2-6-9(10(7)8)12(14)15-11;13-11-9-5-7-3-1-2-4-8(7)6-10(9)12(14)15-11;9-7-5-3-1-2-4-6(5)8(10)11-7;6*1-2/h2*1-8H;1-8H;2*1-6H;1-4H;6*1-2H3. The van der Waals surface area contributed by atoms with Gasteiger partial charge in [0.1, 0.15) is 0 Å². The highest BCUT2D eigenvalue weighted by Gasteiger charge is 2.34. The van der Waals surface area contributed by atoms with Gasteiger partial charge in [0.2, 0.25) is 0 Å². The zero-order valence-corrected chi connectivity index (χ0v) is 61.4. The van der Waals surface area contributed by atoms with Crippen molar-refractivity contribution in [1.29, 1.82) is 0 Å². The number of benzene rings is 13. The lowest BCUT2D eigenvalue weighted by atomic mass is 9.92. The summed E-state index contributed by atoms with van der Waals surface area (Å²) in [5.41, 5.74) is 6.57. The molecule has 0 saturated carbocycles. The van der Waals surface area contributed by atoms with E-state index in [0.717, 1.165) is 65.0 Å². The topological polar surface area (TPSA) is 260 Å². The Hall–Kier alpha value is -13.7. The normalized spacial score (nSPS) is 12.7. The molecule has 0 N–H and O–H groups in total. The highest BCUT2D eigenvalue weighted by atomic mass is 16.6. The highest BCUT2D eigenvalue weighted by Crippen LogP contribution is 2.36. The number of rotatable bonds is 1. The molecule has 19 rings (SSSR count). The van der Waals surface area contributed by atoms with E-state index in [4.69, 9.17) is 4.74 Å². The summed E-state index contributed by atoms with van der Waals surface area (Å²) < 4.78 is 27.4. The van der Waals surface area contributed by atoms with E-state index in [0.29, 0.717) is 77.5 Å². The summed E-state index contributed by atoms with van der Waals surface area (Å²) in [6.07, 6.45) is 0. The number of carbonyl (C=O) groups excluding carboxylic acids is 12. The Morgan fingerprint density at radius 3 is 0.833 bits per heavy atom. The molecule has 6 heterocycles. The lowest BCUT2D eigenvalue weighted by Crippen LogP contribution is -2.19. The molecule has 0 bridgehead atoms. The number of cyclic esters (lactones) is 12. The van der Waals surface area contributed by atoms with Gasteiger partial charge in [0.25, 0.3) is 0 Å². The van der Waals surface area contributed by atoms with E-state index in [-0.39, 0.29) is 0 Å². The Bertz CT molecular complexity index is 5480. The van der Waals surface area contributed by atoms with Crippen LogP contribution >= 0.6 is 0 Å². The SMILES string of the molecule is CC.CC.CC.CC.CC.CC.O=C1OC(=O)c2cc(-c3ccccc3)ccc21.O=C1OC(=O)c2cc3cc4ccccc4cc3cc21.O=C1OC(=O)c2cc3ccccc3c3cccc1c23.O=C1OC(=O)c2cc3ccccc3cc21.O=C1OC(=O)c2cccc3cccc1c23.O=C1OC(=O)c2ccccc21. The molecule has 0 atom stereocenters. The van der Waals surface area contributed by atoms with Crippen LogP contribution in [-0.4, -0.2) is 71.6 Å². The Labute approximate surface area is 622 Å². The molecule has 544 valence electrons. The highest BCUT2D eigenvalue weighted by molar-refractivity contribution is 6.26. The third kappa shape index (κ3) is 16.9. The molecule has 0 saturated heterocycles. The average Bonchev–Trinajstić information content (AvgIpc) is 1.15. The van der Waals surface area contributed by atoms with Crippen molar-refractivity contribution < 1.29 is 86.0 Å². The van der Waals surface area contributed by atoms with Gasteiger partial charge < -0.3 is 28.4 Å². The number of esters is 12. The molecule has 0 aromatic heterocycles. The van der Waals surface area contributed by atoms with Crippen LogP contribution in [0.5, 0.6) is 0 Å². The van der Waals surface area contributed by atoms with Crippen LogP contribution < -0.4 is 0 Å². The van der Waals surface area contributed by atoms with E-state index in [9.17, 15) is 57.5 Å². The summed E-state index contributed by atoms with van der Waals surface area (Å²) >= 11 is 0. The van der Waals surface area contributed by atoms with Gasteiger partial charge in [0, 0.05) is 10.8 Å². The van der Waals surface area contributed by atoms with Crippen molar-refractivity contribution in [2.24, 2.45) is 0 Å². The second-order valence-electron chi connectivity index (χ2n) is 22.0. The quantitative estimate of drug-likeness (QED) is 0.0486. The third-order valence-electron chi connectivity index (χ3n) is 16.3. The molecule has 0 aliphatic carbocycles. The molecule has 6 aliphatic rings. The van der Waals surface area contributed by atoms with E-state index in [1.54, 1.807) is 97.1 Å². The maximum Gasteiger partial charge on any atom is 0.346 e. The zero-order chi connectivity index (χ0) is 78.5. The Balaban J connectivity index is 0.000000160. The Morgan fingerprint density at radius 1 is 0.157 bits per heavy atom. The van der Waals surface area contributed by atoms with Gasteiger partial charge in [-0.3, -0.25) is 0 Å². The van der Waals surface area contributed by atoms with Crippen molar-refractivity contribution in [3.8, 4) is 11.1 Å². The van der Waals surface area contributed by atoms with Crippen LogP contribution in [-0.2, 0) is 28.4 Å². The predicted octanol–water partition coefficient (Wildman–Crippen LogP) is 20.7. The molecular formula is C90H76O18. The van der Waals surface area contributed by atoms with E-state index < -0.39 is 71.6 Å². The monoisotopic (exact) mass is 1440 g/mol. The van der Waals surface area contributed by atoms with E-state index in [2.05, 4.69) is 23.7 Å². The van der Waals surface area contributed by atoms with Gasteiger partial charge in [-0.25, -0.2) is 57.5 Å². The fourth-order valence-corrected chi connectivity index (χ4v) is 11.8. The molecule has 0 radical (unpaired) electrons. The molecule has 0 spiro atoms. The molecule has 6 aliphatic heterocycles. The Kier molecular flexibility index (Phi) is 27.5. The van der Waals surface area contributed by atoms with Crippen molar-refractivity contribution >= 4 is 136 Å². The molecule has 0 fully saturated rings. The van der Waals surface area contributed by atoms with Crippen LogP contribution in [0.25, 0.3) is 75.8 Å². The minimum Gasteiger partial charge on any atom is -0.386 e. The van der Waals surface area contributed by atoms with E-state index in [1.807, 2.05) is 229 Å². The predicted molar refractivity (Wildman–Crippen MR) is 416 cm³/mol. The summed E-state index contributed by atoms with van der Waals surface area (Å²) in [5.74, 6) is -6.73. The number of carbonyl (C=O) groups is 12. The molecule has 0 unspecified atom stereocenters. The van der Waals surface area contributed by atoms with Gasteiger partial charge in [0.05, 0.1) is 66.8 Å². The number of hydrogen-bond donors (Lipinski definition) is 0. The second kappa shape index (κ2) is 37.1. The van der Waals surface area contributed by atoms with Gasteiger partial charge in [-0.1, -0.05) is 241 Å². The average molecular weight is 1450 g/mol. The molecule has 13 aromatic rings. The van der Waals surface area contributed by atoms with E-state index in [1.165, 1.54) is 0 Å². The summed E-state index contributed by atoms with van der Waals surface area (Å²) in [7, 11) is 0. The van der Waals surface area contributed by atoms with Crippen LogP contribution in [0.15, 0.2) is 243 Å². The summed E-state index contributed by atoms with van der Waals surface area (Å²) in [6.45, 7) is 24.0. The molecule has 0 amide bonds. The van der Waals surface area contributed by atoms with E-state index >= 15 is 0 Å². The van der Waals surface area contributed by atoms with Gasteiger partial charge in [-0.05, 0) is 150 Å². The first kappa shape index (κ1) is 80.0. The molecular weight excluding hydrogens is 1370 g/mol. The Morgan fingerprint density at radius 2 is 0.417 bits per heavy atom. The summed E-state index contributed by atoms with van der Waals surface area (Å²) in [6, 6.07) is 73.4. The van der Waals surface area contributed by atoms with Crippen molar-refractivity contribution in [2.75, 3.05) is 0 Å². The molecule has 18 heteroatoms. The molecule has 13 aromatic carbocycles. The largest absolute Gasteiger partial charge is 0.386 e. The van der Waals surface area contributed by atoms with Gasteiger partial charge >= 0.3 is 71.6 Å². The minimum absolute atomic E-state index is 0.342. The smallest absolute Gasteiger partial charge is 0.346 e. The van der Waals surface area contributed by atoms with Gasteiger partial charge in [0.15, 0.2) is 0 Å². The van der Waals surface area contributed by atoms with Crippen LogP contribution in [0.3, 0.4) is 0 Å². The van der Waals surface area contributed by atoms with Crippen molar-refractivity contribution in [2.45, 2.75) is 83.1 Å². The first-order valence-corrected chi connectivity index (χ1v) is 35.4. The lowest BCUT2D eigenvalue weighted by molar-refractivity contribution is 0.0373. The van der Waals surface area contributed by atoms with Gasteiger partial charge in [-0.2, -0.15) is 0 Å². The maximum atomic E-state index is 11.9. The number of fused-ring (bicyclic) bond motifs is 9. The van der Waals surface area contributed by atoms with Crippen molar-refractivity contribution in [1.82, 2.24) is 0 Å². The summed E-state index contributed by atoms with van der Waals surface area (Å²) in [4.78, 5) is 137.